The van der Waals surface area contributed by atoms with Crippen LogP contribution in [0.15, 0.2) is 48.5 Å². The van der Waals surface area contributed by atoms with Crippen molar-refractivity contribution >= 4 is 11.7 Å². The Morgan fingerprint density at radius 2 is 1.88 bits per heavy atom. The fourth-order valence-electron chi connectivity index (χ4n) is 2.34. The quantitative estimate of drug-likeness (QED) is 0.692. The van der Waals surface area contributed by atoms with Crippen LogP contribution in [0.4, 0.5) is 5.69 Å². The third-order valence-corrected chi connectivity index (χ3v) is 3.80. The molecule has 3 N–H and O–H groups in total. The second-order valence-electron chi connectivity index (χ2n) is 5.84. The van der Waals surface area contributed by atoms with Crippen LogP contribution in [0.2, 0.25) is 0 Å². The molecule has 0 bridgehead atoms. The summed E-state index contributed by atoms with van der Waals surface area (Å²) in [6.07, 6.45) is 0.976. The van der Waals surface area contributed by atoms with Crippen molar-refractivity contribution in [2.75, 3.05) is 25.9 Å². The highest BCUT2D eigenvalue weighted by atomic mass is 16.5. The van der Waals surface area contributed by atoms with Crippen LogP contribution in [-0.2, 0) is 17.8 Å². The Morgan fingerprint density at radius 3 is 2.54 bits per heavy atom. The largest absolute Gasteiger partial charge is 0.487 e. The van der Waals surface area contributed by atoms with E-state index in [1.165, 1.54) is 0 Å². The van der Waals surface area contributed by atoms with Gasteiger partial charge in [-0.2, -0.15) is 0 Å². The maximum atomic E-state index is 10.6. The Kier molecular flexibility index (Phi) is 6.63. The molecule has 0 amide bonds. The summed E-state index contributed by atoms with van der Waals surface area (Å²) in [5.41, 5.74) is 8.91. The van der Waals surface area contributed by atoms with Gasteiger partial charge in [-0.3, -0.25) is 4.79 Å². The molecule has 128 valence electrons. The van der Waals surface area contributed by atoms with E-state index in [9.17, 15) is 4.79 Å². The minimum absolute atomic E-state index is 0.158. The molecule has 0 unspecified atom stereocenters. The normalized spacial score (nSPS) is 10.8. The van der Waals surface area contributed by atoms with Crippen molar-refractivity contribution in [3.05, 3.63) is 59.7 Å². The summed E-state index contributed by atoms with van der Waals surface area (Å²) in [5, 5.41) is 8.69. The van der Waals surface area contributed by atoms with E-state index in [1.54, 1.807) is 0 Å². The number of carboxylic acid groups (broad SMARTS) is 1. The van der Waals surface area contributed by atoms with E-state index in [0.717, 1.165) is 24.1 Å². The van der Waals surface area contributed by atoms with Crippen molar-refractivity contribution in [1.29, 1.82) is 0 Å². The van der Waals surface area contributed by atoms with Crippen LogP contribution < -0.4 is 10.5 Å². The fourth-order valence-corrected chi connectivity index (χ4v) is 2.34. The molecular formula is C19H24N2O3. The molecule has 24 heavy (non-hydrogen) atoms. The number of aliphatic carboxylic acids is 1. The van der Waals surface area contributed by atoms with Gasteiger partial charge in [0.2, 0.25) is 0 Å². The van der Waals surface area contributed by atoms with Crippen LogP contribution in [0.3, 0.4) is 0 Å². The van der Waals surface area contributed by atoms with Crippen molar-refractivity contribution in [1.82, 2.24) is 4.90 Å². The Hall–Kier alpha value is -2.53. The smallest absolute Gasteiger partial charge is 0.304 e. The van der Waals surface area contributed by atoms with Gasteiger partial charge in [-0.25, -0.2) is 0 Å². The van der Waals surface area contributed by atoms with E-state index in [1.807, 2.05) is 60.5 Å². The van der Waals surface area contributed by atoms with Crippen LogP contribution >= 0.6 is 0 Å². The second-order valence-corrected chi connectivity index (χ2v) is 5.84. The van der Waals surface area contributed by atoms with Gasteiger partial charge in [0.05, 0.1) is 12.1 Å². The lowest BCUT2D eigenvalue weighted by Gasteiger charge is -2.16. The number of nitrogens with two attached hydrogens (primary N) is 1. The number of anilines is 1. The van der Waals surface area contributed by atoms with E-state index >= 15 is 0 Å². The summed E-state index contributed by atoms with van der Waals surface area (Å²) in [4.78, 5) is 12.6. The summed E-state index contributed by atoms with van der Waals surface area (Å²) >= 11 is 0. The Morgan fingerprint density at radius 1 is 1.12 bits per heavy atom. The molecule has 5 nitrogen and oxygen atoms in total. The van der Waals surface area contributed by atoms with Gasteiger partial charge >= 0.3 is 5.97 Å². The molecular weight excluding hydrogens is 304 g/mol. The first-order chi connectivity index (χ1) is 11.5. The van der Waals surface area contributed by atoms with Crippen LogP contribution in [0.1, 0.15) is 17.5 Å². The lowest BCUT2D eigenvalue weighted by molar-refractivity contribution is -0.137. The predicted octanol–water partition coefficient (Wildman–Crippen LogP) is 2.80. The summed E-state index contributed by atoms with van der Waals surface area (Å²) < 4.78 is 5.77. The molecule has 5 heteroatoms. The molecule has 0 heterocycles. The molecule has 0 saturated heterocycles. The van der Waals surface area contributed by atoms with Crippen molar-refractivity contribution in [2.24, 2.45) is 0 Å². The van der Waals surface area contributed by atoms with Gasteiger partial charge in [-0.05, 0) is 36.7 Å². The Labute approximate surface area is 142 Å². The molecule has 0 fully saturated rings. The topological polar surface area (TPSA) is 75.8 Å². The number of carbonyl (C=O) groups is 1. The average Bonchev–Trinajstić information content (AvgIpc) is 2.58. The van der Waals surface area contributed by atoms with Crippen molar-refractivity contribution < 1.29 is 14.6 Å². The van der Waals surface area contributed by atoms with E-state index in [-0.39, 0.29) is 6.42 Å². The summed E-state index contributed by atoms with van der Waals surface area (Å²) in [6, 6.07) is 15.8. The minimum Gasteiger partial charge on any atom is -0.487 e. The first-order valence-corrected chi connectivity index (χ1v) is 8.00. The van der Waals surface area contributed by atoms with E-state index in [2.05, 4.69) is 0 Å². The number of likely N-dealkylation sites (N-methyl/N-ethyl adjacent to an activating group) is 1. The highest BCUT2D eigenvalue weighted by molar-refractivity contribution is 5.66. The van der Waals surface area contributed by atoms with Crippen LogP contribution in [0.25, 0.3) is 0 Å². The molecule has 0 saturated carbocycles. The van der Waals surface area contributed by atoms with Crippen LogP contribution in [-0.4, -0.2) is 36.1 Å². The molecule has 0 atom stereocenters. The SMILES string of the molecule is CN(CCC(=O)O)CCc1ccc(OCc2ccccc2)c(N)c1. The van der Waals surface area contributed by atoms with Crippen LogP contribution in [0.5, 0.6) is 5.75 Å². The molecule has 2 rings (SSSR count). The molecule has 0 aromatic heterocycles. The number of ether oxygens (including phenoxy) is 1. The Balaban J connectivity index is 1.84. The number of hydrogen-bond acceptors (Lipinski definition) is 4. The maximum absolute atomic E-state index is 10.6. The molecule has 0 spiro atoms. The third-order valence-electron chi connectivity index (χ3n) is 3.80. The van der Waals surface area contributed by atoms with Crippen LogP contribution in [0, 0.1) is 0 Å². The lowest BCUT2D eigenvalue weighted by Crippen LogP contribution is -2.24. The molecule has 0 aliphatic rings. The molecule has 0 aliphatic heterocycles. The monoisotopic (exact) mass is 328 g/mol. The standard InChI is InChI=1S/C19H24N2O3/c1-21(12-10-19(22)23)11-9-15-7-8-18(17(20)13-15)24-14-16-5-3-2-4-6-16/h2-8,13H,9-12,14,20H2,1H3,(H,22,23). The average molecular weight is 328 g/mol. The van der Waals surface area contributed by atoms with Gasteiger partial charge in [0.1, 0.15) is 12.4 Å². The lowest BCUT2D eigenvalue weighted by atomic mass is 10.1. The zero-order valence-electron chi connectivity index (χ0n) is 13.9. The van der Waals surface area contributed by atoms with Gasteiger partial charge in [0, 0.05) is 13.1 Å². The molecule has 2 aromatic carbocycles. The molecule has 0 aliphatic carbocycles. The summed E-state index contributed by atoms with van der Waals surface area (Å²) in [7, 11) is 1.92. The number of rotatable bonds is 9. The van der Waals surface area contributed by atoms with E-state index in [4.69, 9.17) is 15.6 Å². The predicted molar refractivity (Wildman–Crippen MR) is 95.1 cm³/mol. The van der Waals surface area contributed by atoms with Crippen molar-refractivity contribution in [3.8, 4) is 5.75 Å². The highest BCUT2D eigenvalue weighted by Crippen LogP contribution is 2.24. The number of nitrogen functional groups attached to an aromatic ring is 1. The first-order valence-electron chi connectivity index (χ1n) is 8.00. The second kappa shape index (κ2) is 8.93. The van der Waals surface area contributed by atoms with Gasteiger partial charge in [0.15, 0.2) is 0 Å². The van der Waals surface area contributed by atoms with Gasteiger partial charge in [-0.15, -0.1) is 0 Å². The van der Waals surface area contributed by atoms with E-state index in [0.29, 0.717) is 24.6 Å². The molecule has 2 aromatic rings. The Bertz CT molecular complexity index is 659. The number of carboxylic acids is 1. The number of benzene rings is 2. The highest BCUT2D eigenvalue weighted by Gasteiger charge is 2.06. The van der Waals surface area contributed by atoms with Gasteiger partial charge in [-0.1, -0.05) is 36.4 Å². The minimum atomic E-state index is -0.772. The number of hydrogen-bond donors (Lipinski definition) is 2. The third kappa shape index (κ3) is 5.93. The van der Waals surface area contributed by atoms with Crippen molar-refractivity contribution in [3.63, 3.8) is 0 Å². The van der Waals surface area contributed by atoms with Gasteiger partial charge < -0.3 is 20.5 Å². The van der Waals surface area contributed by atoms with Crippen molar-refractivity contribution in [2.45, 2.75) is 19.4 Å². The zero-order chi connectivity index (χ0) is 17.4. The zero-order valence-corrected chi connectivity index (χ0v) is 13.9. The number of nitrogens with zero attached hydrogens (tertiary/aromatic N) is 1. The first kappa shape index (κ1) is 17.8. The fraction of sp³-hybridized carbons (Fsp3) is 0.316. The summed E-state index contributed by atoms with van der Waals surface area (Å²) in [5.74, 6) is -0.0900. The maximum Gasteiger partial charge on any atom is 0.304 e. The molecule has 0 radical (unpaired) electrons. The summed E-state index contributed by atoms with van der Waals surface area (Å²) in [6.45, 7) is 1.82. The van der Waals surface area contributed by atoms with Gasteiger partial charge in [0.25, 0.3) is 0 Å². The van der Waals surface area contributed by atoms with E-state index < -0.39 is 5.97 Å².